The molecule has 0 saturated carbocycles. The second-order valence-corrected chi connectivity index (χ2v) is 7.89. The van der Waals surface area contributed by atoms with Crippen LogP contribution in [0.4, 0.5) is 0 Å². The van der Waals surface area contributed by atoms with Crippen molar-refractivity contribution in [2.75, 3.05) is 6.54 Å². The molecule has 29 heavy (non-hydrogen) atoms. The summed E-state index contributed by atoms with van der Waals surface area (Å²) < 4.78 is 0. The van der Waals surface area contributed by atoms with Crippen molar-refractivity contribution < 1.29 is 9.90 Å². The molecular formula is C24H23ClN2O2. The van der Waals surface area contributed by atoms with Crippen LogP contribution in [0.15, 0.2) is 66.7 Å². The van der Waals surface area contributed by atoms with Gasteiger partial charge >= 0.3 is 5.97 Å². The Kier molecular flexibility index (Phi) is 5.93. The van der Waals surface area contributed by atoms with Crippen LogP contribution in [0.2, 0.25) is 5.02 Å². The number of likely N-dealkylation sites (tertiary alicyclic amines) is 1. The Morgan fingerprint density at radius 3 is 2.62 bits per heavy atom. The van der Waals surface area contributed by atoms with E-state index >= 15 is 0 Å². The first-order valence-electron chi connectivity index (χ1n) is 9.85. The smallest absolute Gasteiger partial charge is 0.337 e. The minimum atomic E-state index is -0.933. The van der Waals surface area contributed by atoms with Crippen molar-refractivity contribution in [3.05, 3.63) is 99.8 Å². The Morgan fingerprint density at radius 1 is 1.07 bits per heavy atom. The van der Waals surface area contributed by atoms with E-state index in [9.17, 15) is 9.90 Å². The average Bonchev–Trinajstić information content (AvgIpc) is 3.16. The number of carboxylic acid groups (broad SMARTS) is 1. The van der Waals surface area contributed by atoms with E-state index in [0.717, 1.165) is 42.2 Å². The van der Waals surface area contributed by atoms with Gasteiger partial charge in [-0.25, -0.2) is 4.79 Å². The SMILES string of the molecule is O=C(O)c1ccc([C@@H]2CCCN2Cc2cccc(Cl)c2)nc1Cc1ccccc1. The number of hydrogen-bond donors (Lipinski definition) is 1. The third-order valence-corrected chi connectivity index (χ3v) is 5.66. The molecule has 0 amide bonds. The number of benzene rings is 2. The molecule has 4 rings (SSSR count). The highest BCUT2D eigenvalue weighted by Crippen LogP contribution is 2.33. The number of hydrogen-bond acceptors (Lipinski definition) is 3. The number of carboxylic acids is 1. The van der Waals surface area contributed by atoms with Gasteiger partial charge < -0.3 is 5.11 Å². The molecule has 1 aliphatic rings. The average molecular weight is 407 g/mol. The van der Waals surface area contributed by atoms with E-state index in [-0.39, 0.29) is 11.6 Å². The summed E-state index contributed by atoms with van der Waals surface area (Å²) in [5, 5.41) is 10.4. The second kappa shape index (κ2) is 8.76. The molecule has 2 aromatic carbocycles. The Labute approximate surface area is 175 Å². The Bertz CT molecular complexity index is 1010. The van der Waals surface area contributed by atoms with E-state index in [1.807, 2.05) is 54.6 Å². The quantitative estimate of drug-likeness (QED) is 0.598. The number of carbonyl (C=O) groups is 1. The molecule has 1 aliphatic heterocycles. The van der Waals surface area contributed by atoms with Crippen molar-refractivity contribution in [1.29, 1.82) is 0 Å². The van der Waals surface area contributed by atoms with E-state index in [1.165, 1.54) is 5.56 Å². The monoisotopic (exact) mass is 406 g/mol. The van der Waals surface area contributed by atoms with Crippen LogP contribution in [0.1, 0.15) is 51.8 Å². The van der Waals surface area contributed by atoms with Gasteiger partial charge in [0.1, 0.15) is 0 Å². The number of nitrogens with zero attached hydrogens (tertiary/aromatic N) is 2. The minimum absolute atomic E-state index is 0.186. The summed E-state index contributed by atoms with van der Waals surface area (Å²) >= 11 is 6.14. The Balaban J connectivity index is 1.61. The zero-order valence-corrected chi connectivity index (χ0v) is 16.8. The lowest BCUT2D eigenvalue weighted by atomic mass is 10.0. The number of rotatable bonds is 6. The summed E-state index contributed by atoms with van der Waals surface area (Å²) in [6, 6.07) is 21.6. The molecule has 0 aliphatic carbocycles. The first-order chi connectivity index (χ1) is 14.1. The van der Waals surface area contributed by atoms with Gasteiger partial charge in [0.2, 0.25) is 0 Å². The molecule has 1 fully saturated rings. The molecule has 0 bridgehead atoms. The molecule has 2 heterocycles. The highest BCUT2D eigenvalue weighted by molar-refractivity contribution is 6.30. The number of aromatic carboxylic acids is 1. The predicted octanol–water partition coefficient (Wildman–Crippen LogP) is 5.36. The topological polar surface area (TPSA) is 53.4 Å². The van der Waals surface area contributed by atoms with E-state index in [2.05, 4.69) is 11.0 Å². The van der Waals surface area contributed by atoms with Crippen LogP contribution < -0.4 is 0 Å². The zero-order valence-electron chi connectivity index (χ0n) is 16.1. The third kappa shape index (κ3) is 4.66. The summed E-state index contributed by atoms with van der Waals surface area (Å²) in [5.41, 5.74) is 4.08. The van der Waals surface area contributed by atoms with E-state index in [0.29, 0.717) is 12.1 Å². The van der Waals surface area contributed by atoms with Gasteiger partial charge in [-0.3, -0.25) is 9.88 Å². The molecule has 5 heteroatoms. The van der Waals surface area contributed by atoms with Crippen LogP contribution in [-0.4, -0.2) is 27.5 Å². The molecule has 1 aromatic heterocycles. The van der Waals surface area contributed by atoms with Gasteiger partial charge in [0, 0.05) is 18.0 Å². The first kappa shape index (κ1) is 19.6. The van der Waals surface area contributed by atoms with Gasteiger partial charge in [-0.1, -0.05) is 54.1 Å². The maximum Gasteiger partial charge on any atom is 0.337 e. The number of aromatic nitrogens is 1. The maximum atomic E-state index is 11.7. The lowest BCUT2D eigenvalue weighted by Gasteiger charge is -2.25. The maximum absolute atomic E-state index is 11.7. The number of halogens is 1. The van der Waals surface area contributed by atoms with E-state index in [4.69, 9.17) is 16.6 Å². The van der Waals surface area contributed by atoms with Gasteiger partial charge in [-0.05, 0) is 54.8 Å². The first-order valence-corrected chi connectivity index (χ1v) is 10.2. The third-order valence-electron chi connectivity index (χ3n) is 5.42. The lowest BCUT2D eigenvalue weighted by molar-refractivity contribution is 0.0695. The van der Waals surface area contributed by atoms with Gasteiger partial charge in [-0.15, -0.1) is 0 Å². The van der Waals surface area contributed by atoms with Gasteiger partial charge in [-0.2, -0.15) is 0 Å². The van der Waals surface area contributed by atoms with Gasteiger partial charge in [0.15, 0.2) is 0 Å². The van der Waals surface area contributed by atoms with E-state index in [1.54, 1.807) is 6.07 Å². The molecule has 3 aromatic rings. The fourth-order valence-electron chi connectivity index (χ4n) is 4.04. The molecule has 1 atom stereocenters. The van der Waals surface area contributed by atoms with Crippen molar-refractivity contribution in [1.82, 2.24) is 9.88 Å². The van der Waals surface area contributed by atoms with Crippen LogP contribution in [-0.2, 0) is 13.0 Å². The van der Waals surface area contributed by atoms with E-state index < -0.39 is 5.97 Å². The van der Waals surface area contributed by atoms with Crippen molar-refractivity contribution in [2.24, 2.45) is 0 Å². The van der Waals surface area contributed by atoms with Crippen LogP contribution in [0, 0.1) is 0 Å². The van der Waals surface area contributed by atoms with Crippen molar-refractivity contribution in [3.8, 4) is 0 Å². The largest absolute Gasteiger partial charge is 0.478 e. The van der Waals surface area contributed by atoms with Crippen molar-refractivity contribution in [3.63, 3.8) is 0 Å². The Hall–Kier alpha value is -2.69. The predicted molar refractivity (Wildman–Crippen MR) is 114 cm³/mol. The van der Waals surface area contributed by atoms with Gasteiger partial charge in [0.25, 0.3) is 0 Å². The molecule has 4 nitrogen and oxygen atoms in total. The summed E-state index contributed by atoms with van der Waals surface area (Å²) in [5.74, 6) is -0.933. The fraction of sp³-hybridized carbons (Fsp3) is 0.250. The fourth-order valence-corrected chi connectivity index (χ4v) is 4.26. The molecule has 1 N–H and O–H groups in total. The molecule has 148 valence electrons. The summed E-state index contributed by atoms with van der Waals surface area (Å²) in [6.07, 6.45) is 2.63. The zero-order chi connectivity index (χ0) is 20.2. The standard InChI is InChI=1S/C24H23ClN2O2/c25-19-9-4-8-18(14-19)16-27-13-5-10-23(27)21-12-11-20(24(28)29)22(26-21)15-17-6-2-1-3-7-17/h1-4,6-9,11-12,14,23H,5,10,13,15-16H2,(H,28,29)/t23-/m0/s1. The summed E-state index contributed by atoms with van der Waals surface area (Å²) in [4.78, 5) is 19.0. The highest BCUT2D eigenvalue weighted by Gasteiger charge is 2.28. The molecular weight excluding hydrogens is 384 g/mol. The Morgan fingerprint density at radius 2 is 1.86 bits per heavy atom. The van der Waals surface area contributed by atoms with Crippen molar-refractivity contribution in [2.45, 2.75) is 31.8 Å². The summed E-state index contributed by atoms with van der Waals surface area (Å²) in [7, 11) is 0. The molecule has 1 saturated heterocycles. The highest BCUT2D eigenvalue weighted by atomic mass is 35.5. The van der Waals surface area contributed by atoms with Crippen LogP contribution in [0.5, 0.6) is 0 Å². The van der Waals surface area contributed by atoms with Crippen LogP contribution in [0.25, 0.3) is 0 Å². The second-order valence-electron chi connectivity index (χ2n) is 7.46. The van der Waals surface area contributed by atoms with Gasteiger partial charge in [0.05, 0.1) is 23.0 Å². The molecule has 0 spiro atoms. The molecule has 0 radical (unpaired) electrons. The number of pyridine rings is 1. The minimum Gasteiger partial charge on any atom is -0.478 e. The molecule has 0 unspecified atom stereocenters. The van der Waals surface area contributed by atoms with Crippen molar-refractivity contribution >= 4 is 17.6 Å². The summed E-state index contributed by atoms with van der Waals surface area (Å²) in [6.45, 7) is 1.80. The van der Waals surface area contributed by atoms with Crippen LogP contribution in [0.3, 0.4) is 0 Å². The lowest BCUT2D eigenvalue weighted by Crippen LogP contribution is -2.24. The van der Waals surface area contributed by atoms with Crippen LogP contribution >= 0.6 is 11.6 Å². The normalized spacial score (nSPS) is 16.8.